The van der Waals surface area contributed by atoms with E-state index in [0.29, 0.717) is 13.0 Å². The number of allylic oxidation sites excluding steroid dienone is 12. The molecule has 0 aromatic carbocycles. The molecule has 0 bridgehead atoms. The van der Waals surface area contributed by atoms with Gasteiger partial charge in [-0.3, -0.25) is 4.79 Å². The third-order valence-corrected chi connectivity index (χ3v) is 11.1. The van der Waals surface area contributed by atoms with Crippen molar-refractivity contribution in [1.29, 1.82) is 0 Å². The summed E-state index contributed by atoms with van der Waals surface area (Å²) in [7, 11) is 0. The number of carbonyl (C=O) groups is 1. The molecule has 0 aliphatic carbocycles. The number of hydrogen-bond donors (Lipinski definition) is 4. The molecule has 0 spiro atoms. The second-order valence-corrected chi connectivity index (χ2v) is 16.9. The Labute approximate surface area is 378 Å². The van der Waals surface area contributed by atoms with E-state index >= 15 is 0 Å². The molecule has 0 amide bonds. The lowest BCUT2D eigenvalue weighted by Gasteiger charge is -2.39. The van der Waals surface area contributed by atoms with Crippen LogP contribution in [0.2, 0.25) is 0 Å². The fraction of sp³-hybridized carbons (Fsp3) is 0.755. The normalized spacial score (nSPS) is 20.4. The molecule has 358 valence electrons. The van der Waals surface area contributed by atoms with Crippen molar-refractivity contribution in [2.45, 2.75) is 230 Å². The number of esters is 1. The van der Waals surface area contributed by atoms with Gasteiger partial charge in [-0.1, -0.05) is 177 Å². The van der Waals surface area contributed by atoms with Crippen LogP contribution in [0.25, 0.3) is 0 Å². The van der Waals surface area contributed by atoms with E-state index < -0.39 is 43.4 Å². The van der Waals surface area contributed by atoms with E-state index in [4.69, 9.17) is 18.9 Å². The summed E-state index contributed by atoms with van der Waals surface area (Å²) < 4.78 is 22.9. The largest absolute Gasteiger partial charge is 0.457 e. The van der Waals surface area contributed by atoms with Crippen LogP contribution in [0.5, 0.6) is 0 Å². The molecule has 6 unspecified atom stereocenters. The van der Waals surface area contributed by atoms with Gasteiger partial charge in [-0.15, -0.1) is 0 Å². The molecule has 1 aliphatic heterocycles. The molecule has 4 N–H and O–H groups in total. The molecule has 62 heavy (non-hydrogen) atoms. The summed E-state index contributed by atoms with van der Waals surface area (Å²) >= 11 is 0. The first-order chi connectivity index (χ1) is 30.4. The first kappa shape index (κ1) is 57.6. The number of ether oxygens (including phenoxy) is 4. The SMILES string of the molecule is CC/C=C\C/C=C\C/C=C\C/C=C\C/C=C\CCCCCCCCCCCC(=O)OC(COCCCCCCCC/C=C\CCCCCC)COC1OC(CO)C(O)C(O)C1O. The Morgan fingerprint density at radius 2 is 0.984 bits per heavy atom. The Balaban J connectivity index is 2.21. The van der Waals surface area contributed by atoms with Gasteiger partial charge in [0.2, 0.25) is 0 Å². The zero-order chi connectivity index (χ0) is 45.0. The minimum atomic E-state index is -1.54. The molecule has 0 aromatic heterocycles. The molecule has 0 radical (unpaired) electrons. The Bertz CT molecular complexity index is 1180. The maximum Gasteiger partial charge on any atom is 0.306 e. The fourth-order valence-electron chi connectivity index (χ4n) is 7.22. The highest BCUT2D eigenvalue weighted by atomic mass is 16.7. The summed E-state index contributed by atoms with van der Waals surface area (Å²) in [6, 6.07) is 0. The number of rotatable bonds is 42. The van der Waals surface area contributed by atoms with Crippen LogP contribution in [-0.4, -0.2) is 89.6 Å². The van der Waals surface area contributed by atoms with Crippen molar-refractivity contribution in [1.82, 2.24) is 0 Å². The second-order valence-electron chi connectivity index (χ2n) is 16.9. The third kappa shape index (κ3) is 34.1. The highest BCUT2D eigenvalue weighted by Crippen LogP contribution is 2.22. The number of carbonyl (C=O) groups excluding carboxylic acids is 1. The lowest BCUT2D eigenvalue weighted by atomic mass is 9.99. The maximum absolute atomic E-state index is 12.8. The highest BCUT2D eigenvalue weighted by molar-refractivity contribution is 5.69. The monoisotopic (exact) mass is 873 g/mol. The van der Waals surface area contributed by atoms with Crippen LogP contribution in [0.1, 0.15) is 194 Å². The van der Waals surface area contributed by atoms with E-state index in [1.54, 1.807) is 0 Å². The van der Waals surface area contributed by atoms with Crippen molar-refractivity contribution in [2.75, 3.05) is 26.4 Å². The fourth-order valence-corrected chi connectivity index (χ4v) is 7.22. The Morgan fingerprint density at radius 3 is 1.50 bits per heavy atom. The van der Waals surface area contributed by atoms with Crippen molar-refractivity contribution in [3.63, 3.8) is 0 Å². The molecule has 1 rings (SSSR count). The van der Waals surface area contributed by atoms with Crippen LogP contribution < -0.4 is 0 Å². The Kier molecular flexibility index (Phi) is 40.8. The van der Waals surface area contributed by atoms with Crippen LogP contribution in [-0.2, 0) is 23.7 Å². The minimum Gasteiger partial charge on any atom is -0.457 e. The molecule has 6 atom stereocenters. The van der Waals surface area contributed by atoms with Gasteiger partial charge in [-0.05, 0) is 83.5 Å². The first-order valence-electron chi connectivity index (χ1n) is 25.0. The lowest BCUT2D eigenvalue weighted by Crippen LogP contribution is -2.59. The van der Waals surface area contributed by atoms with Crippen LogP contribution in [0.3, 0.4) is 0 Å². The molecule has 0 saturated carbocycles. The zero-order valence-electron chi connectivity index (χ0n) is 39.3. The van der Waals surface area contributed by atoms with Gasteiger partial charge in [0.1, 0.15) is 30.5 Å². The van der Waals surface area contributed by atoms with Gasteiger partial charge < -0.3 is 39.4 Å². The van der Waals surface area contributed by atoms with Gasteiger partial charge in [0.05, 0.1) is 19.8 Å². The van der Waals surface area contributed by atoms with Crippen molar-refractivity contribution in [3.8, 4) is 0 Å². The zero-order valence-corrected chi connectivity index (χ0v) is 39.3. The summed E-state index contributed by atoms with van der Waals surface area (Å²) in [6.45, 7) is 4.41. The number of aliphatic hydroxyl groups excluding tert-OH is 4. The summed E-state index contributed by atoms with van der Waals surface area (Å²) in [4.78, 5) is 12.8. The van der Waals surface area contributed by atoms with Crippen molar-refractivity contribution < 1.29 is 44.2 Å². The van der Waals surface area contributed by atoms with E-state index in [1.165, 1.54) is 89.9 Å². The maximum atomic E-state index is 12.8. The van der Waals surface area contributed by atoms with E-state index in [-0.39, 0.29) is 19.2 Å². The second kappa shape index (κ2) is 43.9. The number of unbranched alkanes of at least 4 members (excludes halogenated alkanes) is 19. The van der Waals surface area contributed by atoms with Crippen molar-refractivity contribution in [3.05, 3.63) is 72.9 Å². The molecule has 1 fully saturated rings. The quantitative estimate of drug-likeness (QED) is 0.0269. The number of aliphatic hydroxyl groups is 4. The van der Waals surface area contributed by atoms with Crippen LogP contribution in [0.15, 0.2) is 72.9 Å². The van der Waals surface area contributed by atoms with Gasteiger partial charge in [0.25, 0.3) is 0 Å². The summed E-state index contributed by atoms with van der Waals surface area (Å²) in [5.74, 6) is -0.324. The van der Waals surface area contributed by atoms with Gasteiger partial charge in [0.15, 0.2) is 6.29 Å². The Morgan fingerprint density at radius 1 is 0.532 bits per heavy atom. The topological polar surface area (TPSA) is 135 Å². The predicted molar refractivity (Wildman–Crippen MR) is 256 cm³/mol. The van der Waals surface area contributed by atoms with Crippen molar-refractivity contribution in [2.24, 2.45) is 0 Å². The smallest absolute Gasteiger partial charge is 0.306 e. The average Bonchev–Trinajstić information content (AvgIpc) is 3.27. The van der Waals surface area contributed by atoms with Crippen LogP contribution in [0.4, 0.5) is 0 Å². The molecule has 1 saturated heterocycles. The molecule has 9 nitrogen and oxygen atoms in total. The summed E-state index contributed by atoms with van der Waals surface area (Å²) in [5.41, 5.74) is 0. The third-order valence-electron chi connectivity index (χ3n) is 11.1. The summed E-state index contributed by atoms with van der Waals surface area (Å²) in [5, 5.41) is 40.2. The Hall–Kier alpha value is -2.37. The van der Waals surface area contributed by atoms with Crippen molar-refractivity contribution >= 4 is 5.97 Å². The standard InChI is InChI=1S/C53H92O9/c1-3-5-7-9-11-13-15-17-19-20-21-22-23-24-25-26-27-28-29-30-32-34-36-38-40-42-49(55)61-47(46-60-53-52(58)51(57)50(56)48(44-54)62-53)45-59-43-41-39-37-35-33-31-18-16-14-12-10-8-6-4-2/h5,7,11,13-14,16-17,19,21-22,24-25,47-48,50-54,56-58H,3-4,6,8-10,12,15,18,20,23,26-46H2,1-2H3/b7-5-,13-11-,16-14-,19-17-,22-21-,25-24-. The van der Waals surface area contributed by atoms with E-state index in [9.17, 15) is 25.2 Å². The van der Waals surface area contributed by atoms with Gasteiger partial charge in [0, 0.05) is 13.0 Å². The van der Waals surface area contributed by atoms with Gasteiger partial charge in [-0.25, -0.2) is 0 Å². The highest BCUT2D eigenvalue weighted by Gasteiger charge is 2.44. The van der Waals surface area contributed by atoms with Crippen LogP contribution >= 0.6 is 0 Å². The molecule has 9 heteroatoms. The van der Waals surface area contributed by atoms with E-state index in [2.05, 4.69) is 86.8 Å². The molecule has 1 heterocycles. The lowest BCUT2D eigenvalue weighted by molar-refractivity contribution is -0.305. The summed E-state index contributed by atoms with van der Waals surface area (Å²) in [6.07, 6.45) is 50.7. The van der Waals surface area contributed by atoms with E-state index in [0.717, 1.165) is 83.5 Å². The minimum absolute atomic E-state index is 0.121. The molecular weight excluding hydrogens is 781 g/mol. The molecule has 0 aromatic rings. The first-order valence-corrected chi connectivity index (χ1v) is 25.0. The van der Waals surface area contributed by atoms with Crippen LogP contribution in [0, 0.1) is 0 Å². The number of hydrogen-bond acceptors (Lipinski definition) is 9. The predicted octanol–water partition coefficient (Wildman–Crippen LogP) is 12.0. The molecule has 1 aliphatic rings. The van der Waals surface area contributed by atoms with Gasteiger partial charge >= 0.3 is 5.97 Å². The molecular formula is C53H92O9. The average molecular weight is 873 g/mol. The van der Waals surface area contributed by atoms with E-state index in [1.807, 2.05) is 0 Å². The van der Waals surface area contributed by atoms with Gasteiger partial charge in [-0.2, -0.15) is 0 Å².